The Morgan fingerprint density at radius 3 is 2.89 bits per heavy atom. The number of anilines is 1. The van der Waals surface area contributed by atoms with Crippen molar-refractivity contribution in [3.63, 3.8) is 0 Å². The lowest BCUT2D eigenvalue weighted by Gasteiger charge is -2.04. The number of nitriles is 1. The van der Waals surface area contributed by atoms with Gasteiger partial charge in [-0.3, -0.25) is 4.40 Å². The first-order chi connectivity index (χ1) is 9.28. The summed E-state index contributed by atoms with van der Waals surface area (Å²) in [7, 11) is 0. The fourth-order valence-corrected chi connectivity index (χ4v) is 2.54. The van der Waals surface area contributed by atoms with Gasteiger partial charge in [-0.15, -0.1) is 10.2 Å². The van der Waals surface area contributed by atoms with Crippen molar-refractivity contribution in [1.82, 2.24) is 14.6 Å². The van der Waals surface area contributed by atoms with Gasteiger partial charge in [0, 0.05) is 16.8 Å². The second kappa shape index (κ2) is 4.63. The van der Waals surface area contributed by atoms with Gasteiger partial charge in [0.05, 0.1) is 11.6 Å². The molecular formula is C13H9N5S. The maximum absolute atomic E-state index is 8.81. The average Bonchev–Trinajstić information content (AvgIpc) is 2.84. The minimum atomic E-state index is 0.549. The Balaban J connectivity index is 2.00. The zero-order chi connectivity index (χ0) is 13.2. The number of hydrogen-bond donors (Lipinski definition) is 1. The number of aromatic nitrogens is 3. The third-order valence-electron chi connectivity index (χ3n) is 2.62. The number of nitrogens with zero attached hydrogens (tertiary/aromatic N) is 4. The van der Waals surface area contributed by atoms with Crippen LogP contribution in [0.15, 0.2) is 52.6 Å². The van der Waals surface area contributed by atoms with E-state index in [4.69, 9.17) is 11.0 Å². The number of rotatable bonds is 2. The number of hydrogen-bond acceptors (Lipinski definition) is 5. The van der Waals surface area contributed by atoms with Crippen molar-refractivity contribution in [2.24, 2.45) is 0 Å². The van der Waals surface area contributed by atoms with E-state index in [0.717, 1.165) is 15.7 Å². The molecule has 92 valence electrons. The quantitative estimate of drug-likeness (QED) is 0.721. The monoisotopic (exact) mass is 267 g/mol. The zero-order valence-electron chi connectivity index (χ0n) is 9.82. The molecule has 3 rings (SSSR count). The number of pyridine rings is 1. The molecule has 19 heavy (non-hydrogen) atoms. The molecule has 0 atom stereocenters. The molecule has 0 fully saturated rings. The summed E-state index contributed by atoms with van der Waals surface area (Å²) in [6, 6.07) is 13.0. The van der Waals surface area contributed by atoms with Crippen molar-refractivity contribution in [2.75, 3.05) is 5.73 Å². The van der Waals surface area contributed by atoms with E-state index in [1.165, 1.54) is 11.8 Å². The molecular weight excluding hydrogens is 258 g/mol. The SMILES string of the molecule is N#Cc1ccc(Sc2nnc3ccccn23)c(N)c1. The summed E-state index contributed by atoms with van der Waals surface area (Å²) in [6.07, 6.45) is 1.90. The van der Waals surface area contributed by atoms with Crippen LogP contribution in [0.1, 0.15) is 5.56 Å². The van der Waals surface area contributed by atoms with E-state index in [2.05, 4.69) is 16.3 Å². The number of nitrogens with two attached hydrogens (primary N) is 1. The summed E-state index contributed by atoms with van der Waals surface area (Å²) < 4.78 is 1.89. The first-order valence-electron chi connectivity index (χ1n) is 5.55. The summed E-state index contributed by atoms with van der Waals surface area (Å²) in [5.41, 5.74) is 7.83. The Labute approximate surface area is 113 Å². The van der Waals surface area contributed by atoms with E-state index >= 15 is 0 Å². The third kappa shape index (κ3) is 2.11. The molecule has 0 aliphatic heterocycles. The Morgan fingerprint density at radius 1 is 1.21 bits per heavy atom. The van der Waals surface area contributed by atoms with Crippen LogP contribution in [0.4, 0.5) is 5.69 Å². The van der Waals surface area contributed by atoms with Crippen LogP contribution in [0.3, 0.4) is 0 Å². The second-order valence-corrected chi connectivity index (χ2v) is 4.89. The van der Waals surface area contributed by atoms with Crippen LogP contribution in [-0.4, -0.2) is 14.6 Å². The summed E-state index contributed by atoms with van der Waals surface area (Å²) in [6.45, 7) is 0. The molecule has 0 aliphatic rings. The first kappa shape index (κ1) is 11.6. The van der Waals surface area contributed by atoms with Gasteiger partial charge < -0.3 is 5.73 Å². The predicted octanol–water partition coefficient (Wildman–Crippen LogP) is 2.33. The number of fused-ring (bicyclic) bond motifs is 1. The van der Waals surface area contributed by atoms with Gasteiger partial charge in [-0.1, -0.05) is 6.07 Å². The van der Waals surface area contributed by atoms with Gasteiger partial charge in [-0.05, 0) is 42.1 Å². The summed E-state index contributed by atoms with van der Waals surface area (Å²) in [5.74, 6) is 0. The lowest BCUT2D eigenvalue weighted by Crippen LogP contribution is -1.91. The van der Waals surface area contributed by atoms with Crippen molar-refractivity contribution in [3.05, 3.63) is 48.2 Å². The Hall–Kier alpha value is -2.52. The average molecular weight is 267 g/mol. The summed E-state index contributed by atoms with van der Waals surface area (Å²) in [5, 5.41) is 17.8. The third-order valence-corrected chi connectivity index (χ3v) is 3.68. The van der Waals surface area contributed by atoms with Gasteiger partial charge in [0.2, 0.25) is 0 Å². The van der Waals surface area contributed by atoms with E-state index in [1.807, 2.05) is 34.9 Å². The van der Waals surface area contributed by atoms with Crippen molar-refractivity contribution >= 4 is 23.1 Å². The molecule has 5 nitrogen and oxygen atoms in total. The van der Waals surface area contributed by atoms with E-state index in [1.54, 1.807) is 12.1 Å². The zero-order valence-corrected chi connectivity index (χ0v) is 10.6. The molecule has 0 aliphatic carbocycles. The van der Waals surface area contributed by atoms with Gasteiger partial charge >= 0.3 is 0 Å². The highest BCUT2D eigenvalue weighted by Gasteiger charge is 2.09. The van der Waals surface area contributed by atoms with Crippen LogP contribution in [0.5, 0.6) is 0 Å². The minimum Gasteiger partial charge on any atom is -0.398 e. The van der Waals surface area contributed by atoms with E-state index < -0.39 is 0 Å². The van der Waals surface area contributed by atoms with Crippen LogP contribution >= 0.6 is 11.8 Å². The van der Waals surface area contributed by atoms with Crippen molar-refractivity contribution in [1.29, 1.82) is 5.26 Å². The Kier molecular flexibility index (Phi) is 2.82. The van der Waals surface area contributed by atoms with Gasteiger partial charge in [0.25, 0.3) is 0 Å². The Bertz CT molecular complexity index is 787. The molecule has 6 heteroatoms. The highest BCUT2D eigenvalue weighted by atomic mass is 32.2. The largest absolute Gasteiger partial charge is 0.398 e. The van der Waals surface area contributed by atoms with Gasteiger partial charge in [0.15, 0.2) is 10.8 Å². The molecule has 0 bridgehead atoms. The smallest absolute Gasteiger partial charge is 0.200 e. The molecule has 3 aromatic rings. The summed E-state index contributed by atoms with van der Waals surface area (Å²) in [4.78, 5) is 0.858. The van der Waals surface area contributed by atoms with Crippen LogP contribution < -0.4 is 5.73 Å². The van der Waals surface area contributed by atoms with E-state index in [9.17, 15) is 0 Å². The predicted molar refractivity (Wildman–Crippen MR) is 72.7 cm³/mol. The molecule has 0 saturated heterocycles. The maximum atomic E-state index is 8.81. The van der Waals surface area contributed by atoms with E-state index in [0.29, 0.717) is 11.3 Å². The van der Waals surface area contributed by atoms with Crippen LogP contribution in [0.25, 0.3) is 5.65 Å². The standard InChI is InChI=1S/C13H9N5S/c14-8-9-4-5-11(10(15)7-9)19-13-17-16-12-3-1-2-6-18(12)13/h1-7H,15H2. The maximum Gasteiger partial charge on any atom is 0.200 e. The Morgan fingerprint density at radius 2 is 2.11 bits per heavy atom. The highest BCUT2D eigenvalue weighted by molar-refractivity contribution is 7.99. The molecule has 0 saturated carbocycles. The van der Waals surface area contributed by atoms with E-state index in [-0.39, 0.29) is 0 Å². The lowest BCUT2D eigenvalue weighted by atomic mass is 10.2. The van der Waals surface area contributed by atoms with Crippen LogP contribution in [0.2, 0.25) is 0 Å². The lowest BCUT2D eigenvalue weighted by molar-refractivity contribution is 0.921. The molecule has 2 aromatic heterocycles. The fourth-order valence-electron chi connectivity index (χ4n) is 1.70. The van der Waals surface area contributed by atoms with Crippen LogP contribution in [0, 0.1) is 11.3 Å². The van der Waals surface area contributed by atoms with Gasteiger partial charge in [-0.2, -0.15) is 5.26 Å². The first-order valence-corrected chi connectivity index (χ1v) is 6.37. The second-order valence-electron chi connectivity index (χ2n) is 3.88. The summed E-state index contributed by atoms with van der Waals surface area (Å²) >= 11 is 1.42. The molecule has 1 aromatic carbocycles. The molecule has 0 spiro atoms. The van der Waals surface area contributed by atoms with Gasteiger partial charge in [-0.25, -0.2) is 0 Å². The molecule has 0 unspecified atom stereocenters. The topological polar surface area (TPSA) is 80.0 Å². The van der Waals surface area contributed by atoms with Crippen molar-refractivity contribution in [3.8, 4) is 6.07 Å². The highest BCUT2D eigenvalue weighted by Crippen LogP contribution is 2.31. The minimum absolute atomic E-state index is 0.549. The molecule has 0 amide bonds. The molecule has 2 heterocycles. The normalized spacial score (nSPS) is 10.5. The van der Waals surface area contributed by atoms with Gasteiger partial charge in [0.1, 0.15) is 0 Å². The number of nitrogen functional groups attached to an aromatic ring is 1. The van der Waals surface area contributed by atoms with Crippen molar-refractivity contribution < 1.29 is 0 Å². The van der Waals surface area contributed by atoms with Crippen LogP contribution in [-0.2, 0) is 0 Å². The van der Waals surface area contributed by atoms with Crippen molar-refractivity contribution in [2.45, 2.75) is 10.1 Å². The molecule has 0 radical (unpaired) electrons. The number of benzene rings is 1. The molecule has 2 N–H and O–H groups in total. The fraction of sp³-hybridized carbons (Fsp3) is 0.